The first kappa shape index (κ1) is 21.0. The molecule has 0 aliphatic carbocycles. The average Bonchev–Trinajstić information content (AvgIpc) is 2.84. The summed E-state index contributed by atoms with van der Waals surface area (Å²) in [5.74, 6) is 0. The van der Waals surface area contributed by atoms with Gasteiger partial charge in [-0.2, -0.15) is 0 Å². The fourth-order valence-electron chi connectivity index (χ4n) is 3.38. The van der Waals surface area contributed by atoms with E-state index < -0.39 is 6.09 Å². The van der Waals surface area contributed by atoms with Crippen LogP contribution in [0.1, 0.15) is 11.1 Å². The molecule has 0 saturated carbocycles. The molecule has 0 atom stereocenters. The second kappa shape index (κ2) is 10.2. The molecule has 4 N–H and O–H groups in total. The third-order valence-corrected chi connectivity index (χ3v) is 5.09. The molecule has 0 bridgehead atoms. The van der Waals surface area contributed by atoms with Crippen molar-refractivity contribution in [3.63, 3.8) is 0 Å². The van der Waals surface area contributed by atoms with E-state index in [1.165, 1.54) is 16.7 Å². The molecule has 0 aliphatic heterocycles. The van der Waals surface area contributed by atoms with Crippen LogP contribution in [0.15, 0.2) is 103 Å². The minimum Gasteiger partial charge on any atom is -0.445 e. The number of amides is 1. The number of carbonyl (C=O) groups is 1. The van der Waals surface area contributed by atoms with Crippen molar-refractivity contribution in [2.75, 3.05) is 10.6 Å². The van der Waals surface area contributed by atoms with E-state index in [9.17, 15) is 4.79 Å². The van der Waals surface area contributed by atoms with Gasteiger partial charge in [-0.25, -0.2) is 4.79 Å². The van der Waals surface area contributed by atoms with Crippen molar-refractivity contribution in [3.05, 3.63) is 114 Å². The van der Waals surface area contributed by atoms with Gasteiger partial charge in [0.2, 0.25) is 0 Å². The zero-order chi connectivity index (χ0) is 22.2. The number of nitrogens with one attached hydrogen (secondary N) is 2. The average molecular weight is 424 g/mol. The molecule has 0 unspecified atom stereocenters. The maximum Gasteiger partial charge on any atom is 0.404 e. The zero-order valence-electron chi connectivity index (χ0n) is 17.6. The summed E-state index contributed by atoms with van der Waals surface area (Å²) in [7, 11) is 0. The Hall–Kier alpha value is -4.25. The number of para-hydroxylation sites is 2. The molecular formula is C27H25N3O2. The number of hydrogen-bond donors (Lipinski definition) is 3. The summed E-state index contributed by atoms with van der Waals surface area (Å²) in [5.41, 5.74) is 12.5. The monoisotopic (exact) mass is 423 g/mol. The topological polar surface area (TPSA) is 76.4 Å². The van der Waals surface area contributed by atoms with Crippen molar-refractivity contribution in [3.8, 4) is 11.1 Å². The van der Waals surface area contributed by atoms with Gasteiger partial charge in [-0.1, -0.05) is 78.9 Å². The van der Waals surface area contributed by atoms with E-state index in [1.807, 2.05) is 48.5 Å². The summed E-state index contributed by atoms with van der Waals surface area (Å²) in [6, 6.07) is 34.8. The summed E-state index contributed by atoms with van der Waals surface area (Å²) in [5, 5.41) is 6.96. The van der Waals surface area contributed by atoms with Crippen LogP contribution in [-0.2, 0) is 17.9 Å². The highest BCUT2D eigenvalue weighted by molar-refractivity contribution is 5.74. The smallest absolute Gasteiger partial charge is 0.404 e. The Bertz CT molecular complexity index is 1160. The first-order chi connectivity index (χ1) is 15.7. The summed E-state index contributed by atoms with van der Waals surface area (Å²) in [6.07, 6.45) is -0.776. The Kier molecular flexibility index (Phi) is 6.68. The summed E-state index contributed by atoms with van der Waals surface area (Å²) in [6.45, 7) is 0.883. The lowest BCUT2D eigenvalue weighted by molar-refractivity contribution is 0.150. The third-order valence-electron chi connectivity index (χ3n) is 5.09. The number of primary amides is 1. The predicted molar refractivity (Wildman–Crippen MR) is 130 cm³/mol. The van der Waals surface area contributed by atoms with Gasteiger partial charge in [-0.3, -0.25) is 0 Å². The molecule has 0 spiro atoms. The van der Waals surface area contributed by atoms with E-state index in [0.717, 1.165) is 29.2 Å². The van der Waals surface area contributed by atoms with Crippen LogP contribution in [0.2, 0.25) is 0 Å². The molecule has 4 aromatic carbocycles. The van der Waals surface area contributed by atoms with E-state index >= 15 is 0 Å². The second-order valence-corrected chi connectivity index (χ2v) is 7.39. The standard InChI is InChI=1S/C27H25N3O2/c28-27(31)32-19-21-12-16-24(17-13-21)30-26-9-5-4-8-25(26)29-18-20-10-14-23(15-11-20)22-6-2-1-3-7-22/h1-17,29-30H,18-19H2,(H2,28,31). The van der Waals surface area contributed by atoms with Gasteiger partial charge in [0, 0.05) is 12.2 Å². The normalized spacial score (nSPS) is 10.4. The van der Waals surface area contributed by atoms with Gasteiger partial charge < -0.3 is 21.1 Å². The zero-order valence-corrected chi connectivity index (χ0v) is 17.6. The lowest BCUT2D eigenvalue weighted by atomic mass is 10.0. The van der Waals surface area contributed by atoms with Gasteiger partial charge in [0.05, 0.1) is 11.4 Å². The third kappa shape index (κ3) is 5.67. The highest BCUT2D eigenvalue weighted by atomic mass is 16.5. The maximum absolute atomic E-state index is 10.7. The Morgan fingerprint density at radius 2 is 1.28 bits per heavy atom. The molecule has 32 heavy (non-hydrogen) atoms. The Balaban J connectivity index is 1.39. The number of nitrogens with two attached hydrogens (primary N) is 1. The quantitative estimate of drug-likeness (QED) is 0.311. The molecule has 0 fully saturated rings. The van der Waals surface area contributed by atoms with Crippen LogP contribution in [0.3, 0.4) is 0 Å². The van der Waals surface area contributed by atoms with Crippen LogP contribution >= 0.6 is 0 Å². The number of benzene rings is 4. The number of carbonyl (C=O) groups excluding carboxylic acids is 1. The van der Waals surface area contributed by atoms with Crippen LogP contribution < -0.4 is 16.4 Å². The molecular weight excluding hydrogens is 398 g/mol. The number of rotatable bonds is 8. The molecule has 0 heterocycles. The summed E-state index contributed by atoms with van der Waals surface area (Å²) in [4.78, 5) is 10.7. The van der Waals surface area contributed by atoms with Gasteiger partial charge in [0.15, 0.2) is 0 Å². The summed E-state index contributed by atoms with van der Waals surface area (Å²) >= 11 is 0. The molecule has 5 nitrogen and oxygen atoms in total. The molecule has 0 saturated heterocycles. The minimum atomic E-state index is -0.776. The predicted octanol–water partition coefficient (Wildman–Crippen LogP) is 6.30. The fraction of sp³-hybridized carbons (Fsp3) is 0.0741. The van der Waals surface area contributed by atoms with Gasteiger partial charge >= 0.3 is 6.09 Å². The fourth-order valence-corrected chi connectivity index (χ4v) is 3.38. The van der Waals surface area contributed by atoms with Gasteiger partial charge in [0.25, 0.3) is 0 Å². The van der Waals surface area contributed by atoms with Crippen molar-refractivity contribution < 1.29 is 9.53 Å². The first-order valence-corrected chi connectivity index (χ1v) is 10.4. The van der Waals surface area contributed by atoms with Crippen molar-refractivity contribution in [2.24, 2.45) is 5.73 Å². The van der Waals surface area contributed by atoms with Crippen LogP contribution in [0.4, 0.5) is 21.9 Å². The molecule has 5 heteroatoms. The Labute approximate surface area is 187 Å². The van der Waals surface area contributed by atoms with Gasteiger partial charge in [0.1, 0.15) is 6.61 Å². The molecule has 4 aromatic rings. The maximum atomic E-state index is 10.7. The lowest BCUT2D eigenvalue weighted by Gasteiger charge is -2.14. The number of hydrogen-bond acceptors (Lipinski definition) is 4. The van der Waals surface area contributed by atoms with E-state index in [1.54, 1.807) is 0 Å². The molecule has 160 valence electrons. The summed E-state index contributed by atoms with van der Waals surface area (Å²) < 4.78 is 4.82. The van der Waals surface area contributed by atoms with Crippen LogP contribution in [0.25, 0.3) is 11.1 Å². The molecule has 1 amide bonds. The van der Waals surface area contributed by atoms with Crippen LogP contribution in [0.5, 0.6) is 0 Å². The molecule has 0 aliphatic rings. The number of ether oxygens (including phenoxy) is 1. The number of anilines is 3. The van der Waals surface area contributed by atoms with Crippen molar-refractivity contribution in [1.29, 1.82) is 0 Å². The first-order valence-electron chi connectivity index (χ1n) is 10.4. The van der Waals surface area contributed by atoms with E-state index in [0.29, 0.717) is 0 Å². The van der Waals surface area contributed by atoms with Crippen LogP contribution in [0, 0.1) is 0 Å². The van der Waals surface area contributed by atoms with Crippen LogP contribution in [-0.4, -0.2) is 6.09 Å². The molecule has 0 aromatic heterocycles. The van der Waals surface area contributed by atoms with E-state index in [-0.39, 0.29) is 6.61 Å². The Morgan fingerprint density at radius 1 is 0.688 bits per heavy atom. The highest BCUT2D eigenvalue weighted by Crippen LogP contribution is 2.26. The second-order valence-electron chi connectivity index (χ2n) is 7.39. The van der Waals surface area contributed by atoms with Gasteiger partial charge in [-0.15, -0.1) is 0 Å². The van der Waals surface area contributed by atoms with E-state index in [2.05, 4.69) is 65.2 Å². The Morgan fingerprint density at radius 3 is 1.97 bits per heavy atom. The largest absolute Gasteiger partial charge is 0.445 e. The van der Waals surface area contributed by atoms with Crippen molar-refractivity contribution >= 4 is 23.2 Å². The van der Waals surface area contributed by atoms with E-state index in [4.69, 9.17) is 10.5 Å². The van der Waals surface area contributed by atoms with Crippen molar-refractivity contribution in [1.82, 2.24) is 0 Å². The van der Waals surface area contributed by atoms with Crippen molar-refractivity contribution in [2.45, 2.75) is 13.2 Å². The molecule has 4 rings (SSSR count). The SMILES string of the molecule is NC(=O)OCc1ccc(Nc2ccccc2NCc2ccc(-c3ccccc3)cc2)cc1. The van der Waals surface area contributed by atoms with Gasteiger partial charge in [-0.05, 0) is 46.5 Å². The highest BCUT2D eigenvalue weighted by Gasteiger charge is 2.04. The molecule has 0 radical (unpaired) electrons. The minimum absolute atomic E-state index is 0.164. The lowest BCUT2D eigenvalue weighted by Crippen LogP contribution is -2.12.